The second-order valence-corrected chi connectivity index (χ2v) is 6.38. The molecule has 1 amide bonds. The highest BCUT2D eigenvalue weighted by Crippen LogP contribution is 2.25. The van der Waals surface area contributed by atoms with Crippen LogP contribution in [0.5, 0.6) is 0 Å². The van der Waals surface area contributed by atoms with Gasteiger partial charge in [0.2, 0.25) is 5.91 Å². The predicted octanol–water partition coefficient (Wildman–Crippen LogP) is 2.95. The number of benzene rings is 2. The number of halogens is 2. The van der Waals surface area contributed by atoms with E-state index in [1.165, 1.54) is 6.07 Å². The smallest absolute Gasteiger partial charge is 0.248 e. The van der Waals surface area contributed by atoms with Gasteiger partial charge in [-0.05, 0) is 42.3 Å². The van der Waals surface area contributed by atoms with Crippen LogP contribution in [0.15, 0.2) is 42.5 Å². The molecule has 0 aromatic heterocycles. The van der Waals surface area contributed by atoms with Gasteiger partial charge in [-0.2, -0.15) is 0 Å². The number of rotatable bonds is 5. The van der Waals surface area contributed by atoms with Gasteiger partial charge in [-0.15, -0.1) is 0 Å². The molecule has 1 atom stereocenters. The van der Waals surface area contributed by atoms with E-state index in [0.717, 1.165) is 30.8 Å². The minimum atomic E-state index is -0.419. The summed E-state index contributed by atoms with van der Waals surface area (Å²) >= 11 is 5.86. The number of hydrogen-bond donors (Lipinski definition) is 2. The molecule has 3 rings (SSSR count). The van der Waals surface area contributed by atoms with Crippen molar-refractivity contribution in [2.45, 2.75) is 19.0 Å². The second kappa shape index (κ2) is 7.20. The number of carbonyl (C=O) groups is 1. The van der Waals surface area contributed by atoms with Gasteiger partial charge in [0.1, 0.15) is 5.82 Å². The maximum atomic E-state index is 13.3. The molecule has 1 saturated heterocycles. The minimum absolute atomic E-state index is 0.146. The van der Waals surface area contributed by atoms with Gasteiger partial charge in [-0.25, -0.2) is 4.39 Å². The number of nitrogens with zero attached hydrogens (tertiary/aromatic N) is 1. The van der Waals surface area contributed by atoms with Crippen LogP contribution in [0.25, 0.3) is 0 Å². The van der Waals surface area contributed by atoms with Crippen LogP contribution in [0, 0.1) is 5.82 Å². The summed E-state index contributed by atoms with van der Waals surface area (Å²) in [5.74, 6) is -0.819. The van der Waals surface area contributed by atoms with Crippen molar-refractivity contribution in [1.29, 1.82) is 0 Å². The number of amides is 1. The number of hydrogen-bond acceptors (Lipinski definition) is 3. The molecule has 0 radical (unpaired) electrons. The molecule has 0 spiro atoms. The summed E-state index contributed by atoms with van der Waals surface area (Å²) in [6.45, 7) is 2.39. The quantitative estimate of drug-likeness (QED) is 0.874. The Hall–Kier alpha value is -2.11. The SMILES string of the molecule is NC(=O)c1cccc(CN[C@H]2CCN(c3ccc(F)c(Cl)c3)C2)c1. The fraction of sp³-hybridized carbons (Fsp3) is 0.278. The maximum Gasteiger partial charge on any atom is 0.248 e. The topological polar surface area (TPSA) is 58.4 Å². The maximum absolute atomic E-state index is 13.3. The monoisotopic (exact) mass is 347 g/mol. The lowest BCUT2D eigenvalue weighted by Gasteiger charge is -2.19. The number of carbonyl (C=O) groups excluding carboxylic acids is 1. The van der Waals surface area contributed by atoms with Crippen molar-refractivity contribution < 1.29 is 9.18 Å². The fourth-order valence-electron chi connectivity index (χ4n) is 2.94. The van der Waals surface area contributed by atoms with Gasteiger partial charge in [-0.3, -0.25) is 4.79 Å². The van der Waals surface area contributed by atoms with Crippen LogP contribution in [0.3, 0.4) is 0 Å². The van der Waals surface area contributed by atoms with Crippen LogP contribution in [0.4, 0.5) is 10.1 Å². The Morgan fingerprint density at radius 1 is 1.33 bits per heavy atom. The number of nitrogens with two attached hydrogens (primary N) is 1. The molecule has 6 heteroatoms. The summed E-state index contributed by atoms with van der Waals surface area (Å²) in [6, 6.07) is 12.4. The van der Waals surface area contributed by atoms with Crippen LogP contribution >= 0.6 is 11.6 Å². The molecule has 3 N–H and O–H groups in total. The summed E-state index contributed by atoms with van der Waals surface area (Å²) in [5, 5.41) is 3.63. The lowest BCUT2D eigenvalue weighted by Crippen LogP contribution is -2.32. The van der Waals surface area contributed by atoms with E-state index in [2.05, 4.69) is 10.2 Å². The van der Waals surface area contributed by atoms with Crippen molar-refractivity contribution in [2.75, 3.05) is 18.0 Å². The summed E-state index contributed by atoms with van der Waals surface area (Å²) in [6.07, 6.45) is 0.991. The van der Waals surface area contributed by atoms with Gasteiger partial charge in [0.25, 0.3) is 0 Å². The van der Waals surface area contributed by atoms with Crippen LogP contribution < -0.4 is 16.0 Å². The summed E-state index contributed by atoms with van der Waals surface area (Å²) in [7, 11) is 0. The van der Waals surface area contributed by atoms with E-state index >= 15 is 0 Å². The molecule has 0 bridgehead atoms. The van der Waals surface area contributed by atoms with Crippen molar-refractivity contribution in [2.24, 2.45) is 5.73 Å². The molecule has 1 aliphatic heterocycles. The van der Waals surface area contributed by atoms with Crippen LogP contribution in [-0.4, -0.2) is 25.0 Å². The normalized spacial score (nSPS) is 17.2. The highest BCUT2D eigenvalue weighted by molar-refractivity contribution is 6.31. The lowest BCUT2D eigenvalue weighted by atomic mass is 10.1. The summed E-state index contributed by atoms with van der Waals surface area (Å²) in [4.78, 5) is 13.4. The van der Waals surface area contributed by atoms with E-state index in [0.29, 0.717) is 18.2 Å². The highest BCUT2D eigenvalue weighted by atomic mass is 35.5. The van der Waals surface area contributed by atoms with Gasteiger partial charge in [0.15, 0.2) is 0 Å². The highest BCUT2D eigenvalue weighted by Gasteiger charge is 2.22. The molecule has 1 fully saturated rings. The van der Waals surface area contributed by atoms with E-state index in [-0.39, 0.29) is 5.02 Å². The summed E-state index contributed by atoms with van der Waals surface area (Å²) in [5.41, 5.74) is 7.77. The second-order valence-electron chi connectivity index (χ2n) is 5.98. The first-order chi connectivity index (χ1) is 11.5. The zero-order valence-electron chi connectivity index (χ0n) is 13.1. The van der Waals surface area contributed by atoms with Crippen molar-refractivity contribution in [3.8, 4) is 0 Å². The average molecular weight is 348 g/mol. The fourth-order valence-corrected chi connectivity index (χ4v) is 3.11. The van der Waals surface area contributed by atoms with E-state index < -0.39 is 11.7 Å². The molecule has 24 heavy (non-hydrogen) atoms. The molecular formula is C18H19ClFN3O. The Kier molecular flexibility index (Phi) is 5.02. The number of primary amides is 1. The Labute approximate surface area is 145 Å². The third kappa shape index (κ3) is 3.86. The van der Waals surface area contributed by atoms with Gasteiger partial charge >= 0.3 is 0 Å². The summed E-state index contributed by atoms with van der Waals surface area (Å²) < 4.78 is 13.3. The first kappa shape index (κ1) is 16.7. The first-order valence-corrected chi connectivity index (χ1v) is 8.23. The van der Waals surface area contributed by atoms with E-state index in [9.17, 15) is 9.18 Å². The molecular weight excluding hydrogens is 329 g/mol. The minimum Gasteiger partial charge on any atom is -0.370 e. The van der Waals surface area contributed by atoms with Crippen LogP contribution in [-0.2, 0) is 6.54 Å². The Bertz CT molecular complexity index is 753. The van der Waals surface area contributed by atoms with Crippen molar-refractivity contribution in [3.63, 3.8) is 0 Å². The number of anilines is 1. The first-order valence-electron chi connectivity index (χ1n) is 7.85. The third-order valence-corrected chi connectivity index (χ3v) is 4.55. The Balaban J connectivity index is 1.57. The third-order valence-electron chi connectivity index (χ3n) is 4.26. The molecule has 4 nitrogen and oxygen atoms in total. The van der Waals surface area contributed by atoms with Gasteiger partial charge in [0.05, 0.1) is 5.02 Å². The van der Waals surface area contributed by atoms with Gasteiger partial charge in [0, 0.05) is 36.9 Å². The van der Waals surface area contributed by atoms with Crippen LogP contribution in [0.1, 0.15) is 22.3 Å². The van der Waals surface area contributed by atoms with Crippen molar-refractivity contribution >= 4 is 23.2 Å². The number of nitrogens with one attached hydrogen (secondary N) is 1. The molecule has 1 heterocycles. The van der Waals surface area contributed by atoms with Gasteiger partial charge in [-0.1, -0.05) is 23.7 Å². The Morgan fingerprint density at radius 3 is 2.92 bits per heavy atom. The van der Waals surface area contributed by atoms with E-state index in [4.69, 9.17) is 17.3 Å². The molecule has 2 aromatic rings. The standard InChI is InChI=1S/C18H19ClFN3O/c19-16-9-15(4-5-17(16)20)23-7-6-14(11-23)22-10-12-2-1-3-13(8-12)18(21)24/h1-5,8-9,14,22H,6-7,10-11H2,(H2,21,24)/t14-/m0/s1. The molecule has 1 aliphatic rings. The van der Waals surface area contributed by atoms with E-state index in [1.54, 1.807) is 18.2 Å². The van der Waals surface area contributed by atoms with Crippen molar-refractivity contribution in [1.82, 2.24) is 5.32 Å². The van der Waals surface area contributed by atoms with E-state index in [1.807, 2.05) is 18.2 Å². The zero-order chi connectivity index (χ0) is 17.1. The molecule has 126 valence electrons. The van der Waals surface area contributed by atoms with Crippen molar-refractivity contribution in [3.05, 3.63) is 64.4 Å². The predicted molar refractivity (Wildman–Crippen MR) is 93.8 cm³/mol. The molecule has 0 saturated carbocycles. The Morgan fingerprint density at radius 2 is 2.17 bits per heavy atom. The molecule has 0 aliphatic carbocycles. The van der Waals surface area contributed by atoms with Gasteiger partial charge < -0.3 is 16.0 Å². The largest absolute Gasteiger partial charge is 0.370 e. The zero-order valence-corrected chi connectivity index (χ0v) is 13.9. The lowest BCUT2D eigenvalue weighted by molar-refractivity contribution is 0.1000. The molecule has 0 unspecified atom stereocenters. The molecule has 2 aromatic carbocycles. The average Bonchev–Trinajstić information content (AvgIpc) is 3.05. The van der Waals surface area contributed by atoms with Crippen LogP contribution in [0.2, 0.25) is 5.02 Å².